The molecule has 2 aliphatic rings. The van der Waals surface area contributed by atoms with Crippen molar-refractivity contribution in [2.24, 2.45) is 0 Å². The maximum Gasteiger partial charge on any atom is 0.300 e. The number of Topliss-reactive ketones (excluding diaryl/α,β-unsaturated/α-hetero) is 1. The standard InChI is InChI=1S/C29H28N2O5/c1-4-30(5-2)20-11-13-21(14-12-20)31-26(22-9-7-6-8-18(22)3)25(28(33)29(31)34)27(32)19-10-15-23-24(16-19)36-17-35-23/h6-16,26,32H,4-5,17H2,1-3H3/b27-25+. The summed E-state index contributed by atoms with van der Waals surface area (Å²) in [5.41, 5.74) is 3.73. The number of carbonyl (C=O) groups is 2. The zero-order valence-electron chi connectivity index (χ0n) is 20.5. The predicted molar refractivity (Wildman–Crippen MR) is 139 cm³/mol. The van der Waals surface area contributed by atoms with Crippen molar-refractivity contribution in [1.29, 1.82) is 0 Å². The van der Waals surface area contributed by atoms with Crippen LogP contribution in [0.3, 0.4) is 0 Å². The minimum absolute atomic E-state index is 0.0426. The molecule has 2 aliphatic heterocycles. The maximum atomic E-state index is 13.4. The van der Waals surface area contributed by atoms with Crippen LogP contribution in [0.1, 0.15) is 36.6 Å². The van der Waals surface area contributed by atoms with Gasteiger partial charge < -0.3 is 19.5 Å². The van der Waals surface area contributed by atoms with E-state index in [1.165, 1.54) is 4.90 Å². The smallest absolute Gasteiger partial charge is 0.300 e. The molecule has 1 amide bonds. The molecule has 36 heavy (non-hydrogen) atoms. The quantitative estimate of drug-likeness (QED) is 0.295. The third-order valence-electron chi connectivity index (χ3n) is 6.83. The van der Waals surface area contributed by atoms with Gasteiger partial charge in [-0.3, -0.25) is 14.5 Å². The third-order valence-corrected chi connectivity index (χ3v) is 6.83. The van der Waals surface area contributed by atoms with Crippen molar-refractivity contribution >= 4 is 28.8 Å². The molecule has 7 heteroatoms. The molecule has 0 aliphatic carbocycles. The van der Waals surface area contributed by atoms with Crippen LogP contribution >= 0.6 is 0 Å². The highest BCUT2D eigenvalue weighted by molar-refractivity contribution is 6.51. The Bertz CT molecular complexity index is 1360. The van der Waals surface area contributed by atoms with E-state index in [1.807, 2.05) is 55.5 Å². The van der Waals surface area contributed by atoms with Crippen molar-refractivity contribution in [3.05, 3.63) is 89.0 Å². The monoisotopic (exact) mass is 484 g/mol. The summed E-state index contributed by atoms with van der Waals surface area (Å²) >= 11 is 0. The van der Waals surface area contributed by atoms with Crippen LogP contribution in [-0.4, -0.2) is 36.7 Å². The molecule has 5 rings (SSSR count). The third kappa shape index (κ3) is 3.86. The van der Waals surface area contributed by atoms with Crippen molar-refractivity contribution in [3.63, 3.8) is 0 Å². The Balaban J connectivity index is 1.65. The van der Waals surface area contributed by atoms with Gasteiger partial charge in [-0.25, -0.2) is 0 Å². The van der Waals surface area contributed by atoms with Crippen LogP contribution in [0.4, 0.5) is 11.4 Å². The number of anilines is 2. The van der Waals surface area contributed by atoms with Crippen LogP contribution < -0.4 is 19.3 Å². The van der Waals surface area contributed by atoms with E-state index in [2.05, 4.69) is 18.7 Å². The number of hydrogen-bond donors (Lipinski definition) is 1. The van der Waals surface area contributed by atoms with Gasteiger partial charge in [0, 0.05) is 30.0 Å². The van der Waals surface area contributed by atoms with Gasteiger partial charge in [0.1, 0.15) is 5.76 Å². The number of aliphatic hydroxyl groups excluding tert-OH is 1. The Morgan fingerprint density at radius 2 is 1.67 bits per heavy atom. The lowest BCUT2D eigenvalue weighted by molar-refractivity contribution is -0.132. The lowest BCUT2D eigenvalue weighted by Gasteiger charge is -2.27. The molecule has 0 radical (unpaired) electrons. The molecule has 7 nitrogen and oxygen atoms in total. The molecule has 0 saturated carbocycles. The molecule has 3 aromatic rings. The number of aliphatic hydroxyl groups is 1. The van der Waals surface area contributed by atoms with E-state index in [-0.39, 0.29) is 18.1 Å². The van der Waals surface area contributed by atoms with Crippen LogP contribution in [0, 0.1) is 6.92 Å². The molecule has 0 bridgehead atoms. The van der Waals surface area contributed by atoms with Gasteiger partial charge in [0.05, 0.1) is 11.6 Å². The van der Waals surface area contributed by atoms with Crippen LogP contribution in [-0.2, 0) is 9.59 Å². The van der Waals surface area contributed by atoms with Crippen LogP contribution in [0.15, 0.2) is 72.3 Å². The van der Waals surface area contributed by atoms with Crippen molar-refractivity contribution in [3.8, 4) is 11.5 Å². The topological polar surface area (TPSA) is 79.3 Å². The first-order valence-electron chi connectivity index (χ1n) is 12.1. The maximum absolute atomic E-state index is 13.4. The van der Waals surface area contributed by atoms with E-state index >= 15 is 0 Å². The summed E-state index contributed by atoms with van der Waals surface area (Å²) in [5, 5.41) is 11.4. The van der Waals surface area contributed by atoms with Crippen molar-refractivity contribution in [1.82, 2.24) is 0 Å². The molecule has 1 N–H and O–H groups in total. The fraction of sp³-hybridized carbons (Fsp3) is 0.241. The second-order valence-electron chi connectivity index (χ2n) is 8.78. The Morgan fingerprint density at radius 1 is 0.972 bits per heavy atom. The van der Waals surface area contributed by atoms with Gasteiger partial charge in [-0.05, 0) is 74.4 Å². The zero-order valence-corrected chi connectivity index (χ0v) is 20.5. The number of ketones is 1. The summed E-state index contributed by atoms with van der Waals surface area (Å²) < 4.78 is 10.8. The summed E-state index contributed by atoms with van der Waals surface area (Å²) in [5.74, 6) is -0.613. The number of fused-ring (bicyclic) bond motifs is 1. The van der Waals surface area contributed by atoms with Gasteiger partial charge in [-0.15, -0.1) is 0 Å². The molecule has 1 fully saturated rings. The average molecular weight is 485 g/mol. The summed E-state index contributed by atoms with van der Waals surface area (Å²) in [7, 11) is 0. The van der Waals surface area contributed by atoms with E-state index < -0.39 is 17.7 Å². The second kappa shape index (κ2) is 9.41. The first-order valence-corrected chi connectivity index (χ1v) is 12.1. The summed E-state index contributed by atoms with van der Waals surface area (Å²) in [6.07, 6.45) is 0. The molecular weight excluding hydrogens is 456 g/mol. The number of hydrogen-bond acceptors (Lipinski definition) is 6. The number of benzene rings is 3. The highest BCUT2D eigenvalue weighted by Gasteiger charge is 2.47. The number of nitrogens with zero attached hydrogens (tertiary/aromatic N) is 2. The van der Waals surface area contributed by atoms with E-state index in [1.54, 1.807) is 18.2 Å². The number of ether oxygens (including phenoxy) is 2. The van der Waals surface area contributed by atoms with Gasteiger partial charge >= 0.3 is 0 Å². The Morgan fingerprint density at radius 3 is 2.36 bits per heavy atom. The Kier molecular flexibility index (Phi) is 6.14. The highest BCUT2D eigenvalue weighted by Crippen LogP contribution is 2.44. The summed E-state index contributed by atoms with van der Waals surface area (Å²) in [6.45, 7) is 7.92. The Hall–Kier alpha value is -4.26. The van der Waals surface area contributed by atoms with Gasteiger partial charge in [0.2, 0.25) is 6.79 Å². The molecular formula is C29H28N2O5. The van der Waals surface area contributed by atoms with Crippen LogP contribution in [0.2, 0.25) is 0 Å². The molecule has 1 saturated heterocycles. The first kappa shape index (κ1) is 23.5. The summed E-state index contributed by atoms with van der Waals surface area (Å²) in [4.78, 5) is 30.6. The molecule has 2 heterocycles. The van der Waals surface area contributed by atoms with Gasteiger partial charge in [-0.2, -0.15) is 0 Å². The molecule has 184 valence electrons. The molecule has 3 aromatic carbocycles. The van der Waals surface area contributed by atoms with Gasteiger partial charge in [-0.1, -0.05) is 24.3 Å². The fourth-order valence-electron chi connectivity index (χ4n) is 4.90. The minimum atomic E-state index is -0.782. The number of carbonyl (C=O) groups excluding carboxylic acids is 2. The minimum Gasteiger partial charge on any atom is -0.507 e. The lowest BCUT2D eigenvalue weighted by Crippen LogP contribution is -2.30. The highest BCUT2D eigenvalue weighted by atomic mass is 16.7. The van der Waals surface area contributed by atoms with Crippen LogP contribution in [0.5, 0.6) is 11.5 Å². The average Bonchev–Trinajstić information content (AvgIpc) is 3.47. The molecule has 1 unspecified atom stereocenters. The first-order chi connectivity index (χ1) is 17.4. The SMILES string of the molecule is CCN(CC)c1ccc(N2C(=O)C(=O)/C(=C(/O)c3ccc4c(c3)OCO4)C2c2ccccc2C)cc1. The normalized spacial score (nSPS) is 18.1. The van der Waals surface area contributed by atoms with E-state index in [0.29, 0.717) is 22.7 Å². The van der Waals surface area contributed by atoms with Gasteiger partial charge in [0.25, 0.3) is 11.7 Å². The number of amides is 1. The molecule has 1 atom stereocenters. The van der Waals surface area contributed by atoms with Crippen LogP contribution in [0.25, 0.3) is 5.76 Å². The van der Waals surface area contributed by atoms with Crippen molar-refractivity contribution in [2.75, 3.05) is 29.7 Å². The fourth-order valence-corrected chi connectivity index (χ4v) is 4.90. The molecule has 0 spiro atoms. The predicted octanol–water partition coefficient (Wildman–Crippen LogP) is 5.20. The van der Waals surface area contributed by atoms with Crippen molar-refractivity contribution in [2.45, 2.75) is 26.8 Å². The van der Waals surface area contributed by atoms with E-state index in [4.69, 9.17) is 9.47 Å². The van der Waals surface area contributed by atoms with E-state index in [0.717, 1.165) is 29.9 Å². The Labute approximate surface area is 210 Å². The summed E-state index contributed by atoms with van der Waals surface area (Å²) in [6, 6.07) is 19.4. The number of rotatable bonds is 6. The number of aryl methyl sites for hydroxylation is 1. The van der Waals surface area contributed by atoms with Crippen molar-refractivity contribution < 1.29 is 24.2 Å². The largest absolute Gasteiger partial charge is 0.507 e. The lowest BCUT2D eigenvalue weighted by atomic mass is 9.92. The van der Waals surface area contributed by atoms with Gasteiger partial charge in [0.15, 0.2) is 11.5 Å². The van der Waals surface area contributed by atoms with E-state index in [9.17, 15) is 14.7 Å². The molecule has 0 aromatic heterocycles. The zero-order chi connectivity index (χ0) is 25.4. The second-order valence-corrected chi connectivity index (χ2v) is 8.78.